The van der Waals surface area contributed by atoms with Gasteiger partial charge in [-0.1, -0.05) is 36.4 Å². The van der Waals surface area contributed by atoms with Crippen LogP contribution in [0.4, 0.5) is 0 Å². The number of phenolic OH excluding ortho intramolecular Hbond substituents is 1. The van der Waals surface area contributed by atoms with Crippen molar-refractivity contribution in [1.29, 1.82) is 0 Å². The van der Waals surface area contributed by atoms with E-state index in [9.17, 15) is 5.11 Å². The van der Waals surface area contributed by atoms with Gasteiger partial charge in [0.15, 0.2) is 0 Å². The fourth-order valence-electron chi connectivity index (χ4n) is 1.89. The smallest absolute Gasteiger partial charge is 0.116 e. The number of benzene rings is 2. The second-order valence-corrected chi connectivity index (χ2v) is 4.43. The zero-order valence-corrected chi connectivity index (χ0v) is 9.93. The number of hydrogen-bond acceptors (Lipinski definition) is 2. The van der Waals surface area contributed by atoms with Crippen molar-refractivity contribution >= 4 is 0 Å². The van der Waals surface area contributed by atoms with Crippen LogP contribution in [0.2, 0.25) is 0 Å². The highest BCUT2D eigenvalue weighted by Crippen LogP contribution is 2.23. The van der Waals surface area contributed by atoms with Gasteiger partial charge < -0.3 is 10.8 Å². The highest BCUT2D eigenvalue weighted by atomic mass is 16.3. The van der Waals surface area contributed by atoms with Crippen LogP contribution in [0.25, 0.3) is 11.1 Å². The molecule has 0 aliphatic heterocycles. The quantitative estimate of drug-likeness (QED) is 0.846. The highest BCUT2D eigenvalue weighted by molar-refractivity contribution is 5.65. The molecule has 2 rings (SSSR count). The predicted molar refractivity (Wildman–Crippen MR) is 70.9 cm³/mol. The lowest BCUT2D eigenvalue weighted by molar-refractivity contribution is 0.475. The Bertz CT molecular complexity index is 489. The SMILES string of the molecule is CC(N)Cc1ccc(-c2cccc(O)c2)cc1. The van der Waals surface area contributed by atoms with Crippen molar-refractivity contribution in [1.82, 2.24) is 0 Å². The Hall–Kier alpha value is -1.80. The van der Waals surface area contributed by atoms with Crippen molar-refractivity contribution in [3.63, 3.8) is 0 Å². The standard InChI is InChI=1S/C15H17NO/c1-11(16)9-12-5-7-13(8-6-12)14-3-2-4-15(17)10-14/h2-8,10-11,17H,9,16H2,1H3. The Morgan fingerprint density at radius 3 is 2.35 bits per heavy atom. The molecule has 0 aromatic heterocycles. The molecule has 0 aliphatic carbocycles. The minimum Gasteiger partial charge on any atom is -0.508 e. The van der Waals surface area contributed by atoms with E-state index >= 15 is 0 Å². The van der Waals surface area contributed by atoms with Crippen molar-refractivity contribution in [3.8, 4) is 16.9 Å². The van der Waals surface area contributed by atoms with Crippen molar-refractivity contribution in [2.75, 3.05) is 0 Å². The van der Waals surface area contributed by atoms with Crippen LogP contribution in [0.1, 0.15) is 12.5 Å². The lowest BCUT2D eigenvalue weighted by atomic mass is 10.0. The zero-order valence-electron chi connectivity index (χ0n) is 9.93. The summed E-state index contributed by atoms with van der Waals surface area (Å²) in [5.41, 5.74) is 9.13. The first-order valence-electron chi connectivity index (χ1n) is 5.79. The molecular formula is C15H17NO. The van der Waals surface area contributed by atoms with Crippen molar-refractivity contribution in [2.24, 2.45) is 5.73 Å². The summed E-state index contributed by atoms with van der Waals surface area (Å²) in [4.78, 5) is 0. The van der Waals surface area contributed by atoms with Crippen LogP contribution in [0.3, 0.4) is 0 Å². The number of rotatable bonds is 3. The van der Waals surface area contributed by atoms with E-state index in [1.54, 1.807) is 12.1 Å². The van der Waals surface area contributed by atoms with Gasteiger partial charge in [0.25, 0.3) is 0 Å². The summed E-state index contributed by atoms with van der Waals surface area (Å²) in [5, 5.41) is 9.43. The first kappa shape index (κ1) is 11.7. The van der Waals surface area contributed by atoms with Gasteiger partial charge in [0.2, 0.25) is 0 Å². The summed E-state index contributed by atoms with van der Waals surface area (Å²) in [6.45, 7) is 2.00. The van der Waals surface area contributed by atoms with Gasteiger partial charge in [0.05, 0.1) is 0 Å². The van der Waals surface area contributed by atoms with E-state index in [4.69, 9.17) is 5.73 Å². The summed E-state index contributed by atoms with van der Waals surface area (Å²) >= 11 is 0. The summed E-state index contributed by atoms with van der Waals surface area (Å²) in [7, 11) is 0. The first-order chi connectivity index (χ1) is 8.15. The molecule has 0 saturated heterocycles. The fraction of sp³-hybridized carbons (Fsp3) is 0.200. The third-order valence-corrected chi connectivity index (χ3v) is 2.69. The van der Waals surface area contributed by atoms with Gasteiger partial charge in [0.1, 0.15) is 5.75 Å². The molecule has 17 heavy (non-hydrogen) atoms. The monoisotopic (exact) mass is 227 g/mol. The second-order valence-electron chi connectivity index (χ2n) is 4.43. The van der Waals surface area contributed by atoms with E-state index in [1.165, 1.54) is 5.56 Å². The van der Waals surface area contributed by atoms with Crippen molar-refractivity contribution in [2.45, 2.75) is 19.4 Å². The largest absolute Gasteiger partial charge is 0.508 e. The minimum atomic E-state index is 0.182. The molecule has 2 nitrogen and oxygen atoms in total. The molecule has 0 amide bonds. The molecule has 0 bridgehead atoms. The predicted octanol–water partition coefficient (Wildman–Crippen LogP) is 2.95. The van der Waals surface area contributed by atoms with Gasteiger partial charge in [-0.2, -0.15) is 0 Å². The third-order valence-electron chi connectivity index (χ3n) is 2.69. The van der Waals surface area contributed by atoms with Gasteiger partial charge in [-0.25, -0.2) is 0 Å². The average molecular weight is 227 g/mol. The zero-order chi connectivity index (χ0) is 12.3. The lowest BCUT2D eigenvalue weighted by Gasteiger charge is -2.07. The van der Waals surface area contributed by atoms with Crippen LogP contribution in [0.5, 0.6) is 5.75 Å². The van der Waals surface area contributed by atoms with Gasteiger partial charge in [0, 0.05) is 6.04 Å². The molecule has 0 radical (unpaired) electrons. The minimum absolute atomic E-state index is 0.182. The van der Waals surface area contributed by atoms with Crippen LogP contribution >= 0.6 is 0 Å². The van der Waals surface area contributed by atoms with Crippen molar-refractivity contribution in [3.05, 3.63) is 54.1 Å². The molecule has 0 saturated carbocycles. The Morgan fingerprint density at radius 1 is 1.06 bits per heavy atom. The van der Waals surface area contributed by atoms with Crippen LogP contribution in [0, 0.1) is 0 Å². The second kappa shape index (κ2) is 5.02. The number of aromatic hydroxyl groups is 1. The maximum Gasteiger partial charge on any atom is 0.116 e. The van der Waals surface area contributed by atoms with E-state index in [1.807, 2.05) is 19.1 Å². The van der Waals surface area contributed by atoms with E-state index < -0.39 is 0 Å². The van der Waals surface area contributed by atoms with Crippen molar-refractivity contribution < 1.29 is 5.11 Å². The number of nitrogens with two attached hydrogens (primary N) is 1. The van der Waals surface area contributed by atoms with Crippen LogP contribution in [0.15, 0.2) is 48.5 Å². The average Bonchev–Trinajstić information content (AvgIpc) is 2.29. The molecule has 88 valence electrons. The van der Waals surface area contributed by atoms with Gasteiger partial charge >= 0.3 is 0 Å². The molecule has 1 atom stereocenters. The Morgan fingerprint density at radius 2 is 1.76 bits per heavy atom. The first-order valence-corrected chi connectivity index (χ1v) is 5.79. The van der Waals surface area contributed by atoms with E-state index in [2.05, 4.69) is 24.3 Å². The lowest BCUT2D eigenvalue weighted by Crippen LogP contribution is -2.17. The topological polar surface area (TPSA) is 46.2 Å². The summed E-state index contributed by atoms with van der Waals surface area (Å²) in [5.74, 6) is 0.294. The van der Waals surface area contributed by atoms with Gasteiger partial charge in [-0.05, 0) is 42.2 Å². The normalized spacial score (nSPS) is 12.4. The summed E-state index contributed by atoms with van der Waals surface area (Å²) in [6, 6.07) is 15.8. The molecule has 0 aliphatic rings. The van der Waals surface area contributed by atoms with E-state index in [0.29, 0.717) is 5.75 Å². The van der Waals surface area contributed by atoms with Gasteiger partial charge in [-0.3, -0.25) is 0 Å². The number of hydrogen-bond donors (Lipinski definition) is 2. The maximum absolute atomic E-state index is 9.43. The molecule has 2 aromatic rings. The molecule has 3 N–H and O–H groups in total. The highest BCUT2D eigenvalue weighted by Gasteiger charge is 2.01. The van der Waals surface area contributed by atoms with Gasteiger partial charge in [-0.15, -0.1) is 0 Å². The fourth-order valence-corrected chi connectivity index (χ4v) is 1.89. The molecule has 1 unspecified atom stereocenters. The maximum atomic E-state index is 9.43. The molecular weight excluding hydrogens is 210 g/mol. The summed E-state index contributed by atoms with van der Waals surface area (Å²) in [6.07, 6.45) is 0.889. The van der Waals surface area contributed by atoms with Crippen LogP contribution in [-0.4, -0.2) is 11.1 Å². The third kappa shape index (κ3) is 3.08. The Balaban J connectivity index is 2.23. The molecule has 0 heterocycles. The van der Waals surface area contributed by atoms with Crippen LogP contribution < -0.4 is 5.73 Å². The molecule has 2 aromatic carbocycles. The van der Waals surface area contributed by atoms with Crippen LogP contribution in [-0.2, 0) is 6.42 Å². The molecule has 2 heteroatoms. The summed E-state index contributed by atoms with van der Waals surface area (Å²) < 4.78 is 0. The number of phenols is 1. The Kier molecular flexibility index (Phi) is 3.45. The molecule has 0 fully saturated rings. The molecule has 0 spiro atoms. The van der Waals surface area contributed by atoms with E-state index in [-0.39, 0.29) is 6.04 Å². The van der Waals surface area contributed by atoms with E-state index in [0.717, 1.165) is 17.5 Å². The Labute approximate surface area is 102 Å².